The molecule has 2 saturated heterocycles. The monoisotopic (exact) mass is 687 g/mol. The average Bonchev–Trinajstić information content (AvgIpc) is 3.79. The number of carbonyl (C=O) groups excluding carboxylic acids is 2. The van der Waals surface area contributed by atoms with E-state index in [4.69, 9.17) is 15.5 Å². The molecule has 0 unspecified atom stereocenters. The van der Waals surface area contributed by atoms with Crippen molar-refractivity contribution in [1.82, 2.24) is 24.3 Å². The van der Waals surface area contributed by atoms with Gasteiger partial charge in [-0.3, -0.25) is 29.5 Å². The molecule has 7 rings (SSSR count). The van der Waals surface area contributed by atoms with E-state index in [-0.39, 0.29) is 18.2 Å². The Hall–Kier alpha value is -4.21. The van der Waals surface area contributed by atoms with Gasteiger partial charge < -0.3 is 10.5 Å². The largest absolute Gasteiger partial charge is 0.397 e. The van der Waals surface area contributed by atoms with Crippen LogP contribution in [-0.2, 0) is 21.3 Å². The van der Waals surface area contributed by atoms with E-state index in [1.54, 1.807) is 41.8 Å². The summed E-state index contributed by atoms with van der Waals surface area (Å²) in [5.74, 6) is -1.02. The zero-order valence-electron chi connectivity index (χ0n) is 26.4. The number of benzene rings is 2. The third-order valence-corrected chi connectivity index (χ3v) is 12.3. The number of piperazine rings is 1. The molecule has 3 N–H and O–H groups in total. The summed E-state index contributed by atoms with van der Waals surface area (Å²) in [4.78, 5) is 35.8. The molecule has 0 atom stereocenters. The molecule has 0 spiro atoms. The number of imide groups is 1. The Labute approximate surface area is 282 Å². The number of hydrogen-bond donors (Lipinski definition) is 2. The third kappa shape index (κ3) is 6.33. The van der Waals surface area contributed by atoms with E-state index >= 15 is 0 Å². The first-order chi connectivity index (χ1) is 23.2. The number of amides is 2. The molecular weight excluding hydrogens is 651 g/mol. The smallest absolute Gasteiger partial charge is 0.261 e. The first-order valence-corrected chi connectivity index (χ1v) is 18.4. The van der Waals surface area contributed by atoms with Crippen molar-refractivity contribution in [2.75, 3.05) is 57.4 Å². The number of nitrogens with one attached hydrogen (secondary N) is 1. The van der Waals surface area contributed by atoms with Crippen molar-refractivity contribution in [3.8, 4) is 0 Å². The lowest BCUT2D eigenvalue weighted by molar-refractivity contribution is 0.0663. The summed E-state index contributed by atoms with van der Waals surface area (Å²) < 4.78 is 33.6. The number of rotatable bonds is 10. The minimum atomic E-state index is -3.67. The van der Waals surface area contributed by atoms with Crippen LogP contribution in [0.2, 0.25) is 0 Å². The predicted molar refractivity (Wildman–Crippen MR) is 186 cm³/mol. The second-order valence-corrected chi connectivity index (χ2v) is 15.5. The highest BCUT2D eigenvalue weighted by molar-refractivity contribution is 7.89. The van der Waals surface area contributed by atoms with E-state index in [9.17, 15) is 18.0 Å². The Morgan fingerprint density at radius 2 is 1.75 bits per heavy atom. The number of ether oxygens (including phenoxy) is 1. The van der Waals surface area contributed by atoms with Gasteiger partial charge in [0.2, 0.25) is 10.0 Å². The number of nitrogens with zero attached hydrogens (tertiary/aromatic N) is 5. The van der Waals surface area contributed by atoms with Crippen molar-refractivity contribution in [2.45, 2.75) is 19.4 Å². The summed E-state index contributed by atoms with van der Waals surface area (Å²) in [6.45, 7) is 7.86. The second kappa shape index (κ2) is 13.4. The Morgan fingerprint density at radius 1 is 1.04 bits per heavy atom. The summed E-state index contributed by atoms with van der Waals surface area (Å²) in [5.41, 5.74) is 11.4. The zero-order chi connectivity index (χ0) is 33.4. The molecule has 2 amide bonds. The number of anilines is 1. The number of nitrogens with two attached hydrogens (primary N) is 1. The van der Waals surface area contributed by atoms with Crippen LogP contribution in [0.1, 0.15) is 48.9 Å². The van der Waals surface area contributed by atoms with Crippen molar-refractivity contribution >= 4 is 61.2 Å². The van der Waals surface area contributed by atoms with Gasteiger partial charge in [-0.2, -0.15) is 9.40 Å². The van der Waals surface area contributed by atoms with E-state index in [1.807, 2.05) is 24.3 Å². The first kappa shape index (κ1) is 32.3. The standard InChI is InChI=1S/C34H37N7O5S2/c1-22(25-7-4-8-30-28(25)20-36-38-30)37-31(23-9-16-46-17-10-23)32-29(35)19-24(47-32)21-39-11-13-40(14-12-39)48(44,45)18-15-41-33(42)26-5-2-3-6-27(26)34(41)43/h2-8,19-20,23H,1,9-18,21,35H2,(H,36,38)/b37-31-. The molecule has 2 aromatic heterocycles. The molecule has 0 radical (unpaired) electrons. The number of fused-ring (bicyclic) bond motifs is 2. The van der Waals surface area contributed by atoms with Gasteiger partial charge in [0, 0.05) is 74.2 Å². The van der Waals surface area contributed by atoms with Gasteiger partial charge in [0.25, 0.3) is 11.8 Å². The molecule has 4 aromatic rings. The normalized spacial score (nSPS) is 18.6. The molecule has 3 aliphatic rings. The van der Waals surface area contributed by atoms with Crippen LogP contribution >= 0.6 is 11.3 Å². The maximum Gasteiger partial charge on any atom is 0.261 e. The van der Waals surface area contributed by atoms with Crippen molar-refractivity contribution in [1.29, 1.82) is 0 Å². The molecule has 12 nitrogen and oxygen atoms in total. The third-order valence-electron chi connectivity index (χ3n) is 9.26. The van der Waals surface area contributed by atoms with Gasteiger partial charge in [-0.15, -0.1) is 11.3 Å². The number of aromatic amines is 1. The molecule has 2 fully saturated rings. The van der Waals surface area contributed by atoms with Gasteiger partial charge >= 0.3 is 0 Å². The summed E-state index contributed by atoms with van der Waals surface area (Å²) >= 11 is 1.62. The number of sulfonamides is 1. The van der Waals surface area contributed by atoms with Crippen LogP contribution < -0.4 is 5.73 Å². The van der Waals surface area contributed by atoms with E-state index < -0.39 is 21.8 Å². The van der Waals surface area contributed by atoms with Crippen LogP contribution in [0.4, 0.5) is 5.69 Å². The van der Waals surface area contributed by atoms with E-state index in [1.165, 1.54) is 4.31 Å². The highest BCUT2D eigenvalue weighted by Crippen LogP contribution is 2.34. The molecule has 3 aliphatic heterocycles. The van der Waals surface area contributed by atoms with Crippen LogP contribution in [0.25, 0.3) is 16.6 Å². The van der Waals surface area contributed by atoms with Gasteiger partial charge in [-0.1, -0.05) is 30.8 Å². The quantitative estimate of drug-likeness (QED) is 0.188. The van der Waals surface area contributed by atoms with Crippen molar-refractivity contribution < 1.29 is 22.7 Å². The van der Waals surface area contributed by atoms with Crippen molar-refractivity contribution in [3.63, 3.8) is 0 Å². The summed E-state index contributed by atoms with van der Waals surface area (Å²) in [7, 11) is -3.67. The molecule has 48 heavy (non-hydrogen) atoms. The van der Waals surface area contributed by atoms with Crippen LogP contribution in [-0.4, -0.2) is 102 Å². The average molecular weight is 688 g/mol. The minimum absolute atomic E-state index is 0.174. The fourth-order valence-corrected chi connectivity index (χ4v) is 9.20. The van der Waals surface area contributed by atoms with Crippen molar-refractivity contribution in [2.24, 2.45) is 10.9 Å². The van der Waals surface area contributed by atoms with Crippen LogP contribution in [0.15, 0.2) is 66.3 Å². The zero-order valence-corrected chi connectivity index (χ0v) is 28.1. The summed E-state index contributed by atoms with van der Waals surface area (Å²) in [6.07, 6.45) is 3.48. The lowest BCUT2D eigenvalue weighted by atomic mass is 9.93. The molecule has 0 aliphatic carbocycles. The molecule has 14 heteroatoms. The molecular formula is C34H37N7O5S2. The van der Waals surface area contributed by atoms with Crippen LogP contribution in [0.5, 0.6) is 0 Å². The number of thiophene rings is 1. The predicted octanol–water partition coefficient (Wildman–Crippen LogP) is 3.84. The Bertz CT molecular complexity index is 1990. The number of H-pyrrole nitrogens is 1. The van der Waals surface area contributed by atoms with Gasteiger partial charge in [-0.05, 0) is 37.1 Å². The lowest BCUT2D eigenvalue weighted by Gasteiger charge is -2.34. The Balaban J connectivity index is 1.01. The molecule has 250 valence electrons. The van der Waals surface area contributed by atoms with E-state index in [0.717, 1.165) is 49.7 Å². The fraction of sp³-hybridized carbons (Fsp3) is 0.353. The molecule has 0 saturated carbocycles. The number of aromatic nitrogens is 2. The minimum Gasteiger partial charge on any atom is -0.397 e. The SMILES string of the molecule is C=C(/N=C(\c1sc(CN2CCN(S(=O)(=O)CCN3C(=O)c4ccccc4C3=O)CC2)cc1N)C1CCOCC1)c1cccc2[nH]ncc12. The number of carbonyl (C=O) groups is 2. The fourth-order valence-electron chi connectivity index (χ4n) is 6.62. The van der Waals surface area contributed by atoms with Crippen LogP contribution in [0, 0.1) is 5.92 Å². The second-order valence-electron chi connectivity index (χ2n) is 12.3. The lowest BCUT2D eigenvalue weighted by Crippen LogP contribution is -2.49. The first-order valence-electron chi connectivity index (χ1n) is 16.0. The van der Waals surface area contributed by atoms with Gasteiger partial charge in [-0.25, -0.2) is 8.42 Å². The number of nitrogen functional groups attached to an aromatic ring is 1. The van der Waals surface area contributed by atoms with Gasteiger partial charge in [0.15, 0.2) is 0 Å². The maximum absolute atomic E-state index is 13.2. The molecule has 5 heterocycles. The van der Waals surface area contributed by atoms with E-state index in [0.29, 0.717) is 68.4 Å². The number of aliphatic imine (C=N–C) groups is 1. The summed E-state index contributed by atoms with van der Waals surface area (Å²) in [5, 5.41) is 8.15. The maximum atomic E-state index is 13.2. The van der Waals surface area contributed by atoms with E-state index in [2.05, 4.69) is 21.7 Å². The highest BCUT2D eigenvalue weighted by Gasteiger charge is 2.37. The molecule has 0 bridgehead atoms. The Kier molecular flexibility index (Phi) is 9.00. The topological polar surface area (TPSA) is 154 Å². The summed E-state index contributed by atoms with van der Waals surface area (Å²) in [6, 6.07) is 14.5. The van der Waals surface area contributed by atoms with Crippen LogP contribution in [0.3, 0.4) is 0 Å². The van der Waals surface area contributed by atoms with Gasteiger partial charge in [0.1, 0.15) is 0 Å². The Morgan fingerprint density at radius 3 is 2.46 bits per heavy atom. The van der Waals surface area contributed by atoms with Crippen molar-refractivity contribution in [3.05, 3.63) is 87.8 Å². The van der Waals surface area contributed by atoms with Gasteiger partial charge in [0.05, 0.1) is 50.6 Å². The highest BCUT2D eigenvalue weighted by atomic mass is 32.2. The molecule has 2 aromatic carbocycles. The number of hydrogen-bond acceptors (Lipinski definition) is 10.